The summed E-state index contributed by atoms with van der Waals surface area (Å²) in [5.74, 6) is 2.87. The summed E-state index contributed by atoms with van der Waals surface area (Å²) in [5, 5.41) is 5.69. The Bertz CT molecular complexity index is 685. The van der Waals surface area contributed by atoms with Crippen molar-refractivity contribution < 1.29 is 14.3 Å². The van der Waals surface area contributed by atoms with Crippen LogP contribution in [0.25, 0.3) is 0 Å². The van der Waals surface area contributed by atoms with Crippen LogP contribution in [-0.2, 0) is 4.79 Å². The number of anilines is 2. The Kier molecular flexibility index (Phi) is 5.21. The fraction of sp³-hybridized carbons (Fsp3) is 0.556. The van der Waals surface area contributed by atoms with Gasteiger partial charge in [-0.3, -0.25) is 9.69 Å². The van der Waals surface area contributed by atoms with Crippen LogP contribution in [0.1, 0.15) is 12.8 Å². The fourth-order valence-electron chi connectivity index (χ4n) is 3.73. The minimum Gasteiger partial charge on any atom is -0.482 e. The second-order valence-electron chi connectivity index (χ2n) is 6.84. The molecule has 3 amide bonds. The summed E-state index contributed by atoms with van der Waals surface area (Å²) < 4.78 is 5.40. The van der Waals surface area contributed by atoms with Gasteiger partial charge in [-0.05, 0) is 25.0 Å². The number of carbonyl (C=O) groups is 2. The van der Waals surface area contributed by atoms with Crippen molar-refractivity contribution in [2.24, 2.45) is 0 Å². The molecule has 1 aromatic carbocycles. The smallest absolute Gasteiger partial charge is 0.321 e. The number of hydrogen-bond donors (Lipinski definition) is 2. The Hall–Kier alpha value is -1.93. The van der Waals surface area contributed by atoms with Gasteiger partial charge in [0, 0.05) is 55.5 Å². The van der Waals surface area contributed by atoms with Gasteiger partial charge < -0.3 is 20.3 Å². The molecule has 2 saturated heterocycles. The van der Waals surface area contributed by atoms with Crippen LogP contribution in [0, 0.1) is 0 Å². The summed E-state index contributed by atoms with van der Waals surface area (Å²) in [5.41, 5.74) is 1.32. The number of nitrogens with one attached hydrogen (secondary N) is 2. The van der Waals surface area contributed by atoms with Crippen molar-refractivity contribution in [2.75, 3.05) is 54.9 Å². The van der Waals surface area contributed by atoms with Gasteiger partial charge in [0.25, 0.3) is 5.91 Å². The lowest BCUT2D eigenvalue weighted by Gasteiger charge is -2.40. The van der Waals surface area contributed by atoms with Crippen LogP contribution in [0.2, 0.25) is 0 Å². The molecule has 8 heteroatoms. The maximum absolute atomic E-state index is 12.6. The number of carbonyl (C=O) groups excluding carboxylic acids is 2. The third kappa shape index (κ3) is 3.91. The largest absolute Gasteiger partial charge is 0.482 e. The number of rotatable bonds is 2. The Labute approximate surface area is 157 Å². The van der Waals surface area contributed by atoms with E-state index in [-0.39, 0.29) is 18.5 Å². The predicted molar refractivity (Wildman–Crippen MR) is 103 cm³/mol. The van der Waals surface area contributed by atoms with Crippen LogP contribution in [-0.4, -0.2) is 72.1 Å². The number of urea groups is 1. The van der Waals surface area contributed by atoms with Crippen LogP contribution in [0.3, 0.4) is 0 Å². The third-order valence-electron chi connectivity index (χ3n) is 5.18. The Balaban J connectivity index is 1.31. The summed E-state index contributed by atoms with van der Waals surface area (Å²) in [7, 11) is 0. The molecule has 0 aromatic heterocycles. The van der Waals surface area contributed by atoms with Crippen molar-refractivity contribution in [3.8, 4) is 5.75 Å². The maximum Gasteiger partial charge on any atom is 0.321 e. The van der Waals surface area contributed by atoms with Crippen LogP contribution < -0.4 is 15.4 Å². The Morgan fingerprint density at radius 1 is 1.19 bits per heavy atom. The number of thioether (sulfide) groups is 1. The standard InChI is InChI=1S/C18H24N4O3S/c23-17-12-25-16-11-13(1-2-15(16)20-17)19-18(24)22-5-3-14(4-6-22)21-7-9-26-10-8-21/h1-2,11,14H,3-10,12H2,(H,19,24)(H,20,23). The third-order valence-corrected chi connectivity index (χ3v) is 6.12. The second-order valence-corrected chi connectivity index (χ2v) is 8.07. The van der Waals surface area contributed by atoms with Crippen LogP contribution >= 0.6 is 11.8 Å². The summed E-state index contributed by atoms with van der Waals surface area (Å²) in [4.78, 5) is 28.3. The van der Waals surface area contributed by atoms with E-state index in [4.69, 9.17) is 4.74 Å². The lowest BCUT2D eigenvalue weighted by atomic mass is 10.0. The number of ether oxygens (including phenoxy) is 1. The first-order valence-electron chi connectivity index (χ1n) is 9.13. The highest BCUT2D eigenvalue weighted by molar-refractivity contribution is 7.99. The highest BCUT2D eigenvalue weighted by atomic mass is 32.2. The molecule has 0 aliphatic carbocycles. The molecule has 2 N–H and O–H groups in total. The van der Waals surface area contributed by atoms with Gasteiger partial charge in [0.1, 0.15) is 5.75 Å². The highest BCUT2D eigenvalue weighted by Gasteiger charge is 2.28. The topological polar surface area (TPSA) is 73.9 Å². The molecule has 3 heterocycles. The van der Waals surface area contributed by atoms with E-state index in [1.54, 1.807) is 18.2 Å². The van der Waals surface area contributed by atoms with Crippen molar-refractivity contribution in [2.45, 2.75) is 18.9 Å². The van der Waals surface area contributed by atoms with Gasteiger partial charge in [-0.1, -0.05) is 0 Å². The van der Waals surface area contributed by atoms with Crippen molar-refractivity contribution in [1.82, 2.24) is 9.80 Å². The number of nitrogens with zero attached hydrogens (tertiary/aromatic N) is 2. The lowest BCUT2D eigenvalue weighted by molar-refractivity contribution is -0.118. The van der Waals surface area contributed by atoms with E-state index < -0.39 is 0 Å². The molecule has 0 radical (unpaired) electrons. The zero-order valence-corrected chi connectivity index (χ0v) is 15.5. The van der Waals surface area contributed by atoms with Crippen molar-refractivity contribution in [3.63, 3.8) is 0 Å². The first-order chi connectivity index (χ1) is 12.7. The molecular weight excluding hydrogens is 352 g/mol. The second kappa shape index (κ2) is 7.75. The van der Waals surface area contributed by atoms with Gasteiger partial charge in [0.15, 0.2) is 6.61 Å². The van der Waals surface area contributed by atoms with E-state index in [2.05, 4.69) is 15.5 Å². The van der Waals surface area contributed by atoms with Crippen molar-refractivity contribution in [1.29, 1.82) is 0 Å². The molecule has 0 atom stereocenters. The van der Waals surface area contributed by atoms with E-state index in [9.17, 15) is 9.59 Å². The lowest BCUT2D eigenvalue weighted by Crippen LogP contribution is -2.49. The molecule has 3 aliphatic heterocycles. The summed E-state index contributed by atoms with van der Waals surface area (Å²) in [6, 6.07) is 5.83. The van der Waals surface area contributed by atoms with E-state index in [0.717, 1.165) is 25.9 Å². The molecule has 4 rings (SSSR count). The molecule has 26 heavy (non-hydrogen) atoms. The number of hydrogen-bond acceptors (Lipinski definition) is 5. The zero-order chi connectivity index (χ0) is 17.9. The van der Waals surface area contributed by atoms with E-state index in [0.29, 0.717) is 23.2 Å². The van der Waals surface area contributed by atoms with E-state index in [1.165, 1.54) is 24.6 Å². The zero-order valence-electron chi connectivity index (χ0n) is 14.7. The molecule has 3 aliphatic rings. The molecule has 0 saturated carbocycles. The first-order valence-corrected chi connectivity index (χ1v) is 10.3. The van der Waals surface area contributed by atoms with Gasteiger partial charge >= 0.3 is 6.03 Å². The Morgan fingerprint density at radius 2 is 1.96 bits per heavy atom. The van der Waals surface area contributed by atoms with Gasteiger partial charge in [0.2, 0.25) is 0 Å². The molecule has 0 unspecified atom stereocenters. The maximum atomic E-state index is 12.6. The number of benzene rings is 1. The average Bonchev–Trinajstić information content (AvgIpc) is 2.69. The minimum absolute atomic E-state index is 0.00686. The van der Waals surface area contributed by atoms with E-state index >= 15 is 0 Å². The van der Waals surface area contributed by atoms with Crippen molar-refractivity contribution in [3.05, 3.63) is 18.2 Å². The SMILES string of the molecule is O=C1COc2cc(NC(=O)N3CCC(N4CCSCC4)CC3)ccc2N1. The van der Waals surface area contributed by atoms with Crippen LogP contribution in [0.4, 0.5) is 16.2 Å². The van der Waals surface area contributed by atoms with Gasteiger partial charge in [-0.25, -0.2) is 4.79 Å². The van der Waals surface area contributed by atoms with Crippen LogP contribution in [0.5, 0.6) is 5.75 Å². The first kappa shape index (κ1) is 17.5. The van der Waals surface area contributed by atoms with Gasteiger partial charge in [0.05, 0.1) is 5.69 Å². The number of fused-ring (bicyclic) bond motifs is 1. The molecular formula is C18H24N4O3S. The molecule has 1 aromatic rings. The van der Waals surface area contributed by atoms with Gasteiger partial charge in [-0.15, -0.1) is 0 Å². The van der Waals surface area contributed by atoms with E-state index in [1.807, 2.05) is 16.7 Å². The molecule has 0 spiro atoms. The number of amides is 3. The number of piperidine rings is 1. The molecule has 140 valence electrons. The van der Waals surface area contributed by atoms with Crippen LogP contribution in [0.15, 0.2) is 18.2 Å². The predicted octanol–water partition coefficient (Wildman–Crippen LogP) is 2.06. The minimum atomic E-state index is -0.163. The summed E-state index contributed by atoms with van der Waals surface area (Å²) in [6.45, 7) is 3.93. The highest BCUT2D eigenvalue weighted by Crippen LogP contribution is 2.30. The van der Waals surface area contributed by atoms with Gasteiger partial charge in [-0.2, -0.15) is 11.8 Å². The molecule has 0 bridgehead atoms. The summed E-state index contributed by atoms with van der Waals surface area (Å²) in [6.07, 6.45) is 2.08. The fourth-order valence-corrected chi connectivity index (χ4v) is 4.66. The number of likely N-dealkylation sites (tertiary alicyclic amines) is 1. The van der Waals surface area contributed by atoms with Crippen molar-refractivity contribution >= 4 is 35.1 Å². The Morgan fingerprint density at radius 3 is 2.73 bits per heavy atom. The molecule has 2 fully saturated rings. The average molecular weight is 376 g/mol. The summed E-state index contributed by atoms with van der Waals surface area (Å²) >= 11 is 2.03. The quantitative estimate of drug-likeness (QED) is 0.827. The molecule has 7 nitrogen and oxygen atoms in total. The normalized spacial score (nSPS) is 21.5. The monoisotopic (exact) mass is 376 g/mol.